The second-order valence-corrected chi connectivity index (χ2v) is 13.2. The Hall–Kier alpha value is -2.65. The van der Waals surface area contributed by atoms with E-state index in [1.165, 1.54) is 0 Å². The number of para-hydroxylation sites is 1. The number of nitrogens with two attached hydrogens (primary N) is 1. The molecule has 0 unspecified atom stereocenters. The number of amides is 2. The lowest BCUT2D eigenvalue weighted by Crippen LogP contribution is -2.44. The largest absolute Gasteiger partial charge is 0.368 e. The summed E-state index contributed by atoms with van der Waals surface area (Å²) in [5, 5.41) is 3.58. The molecule has 2 aromatic rings. The molecule has 27 heavy (non-hydrogen) atoms. The smallest absolute Gasteiger partial charge is 0.252 e. The highest BCUT2D eigenvalue weighted by atomic mass is 28.3. The topological polar surface area (TPSA) is 85.1 Å². The molecule has 1 aromatic heterocycles. The minimum absolute atomic E-state index is 0.126. The molecule has 0 saturated carbocycles. The fourth-order valence-electron chi connectivity index (χ4n) is 2.31. The molecule has 3 N–H and O–H groups in total. The molecule has 0 spiro atoms. The highest BCUT2D eigenvalue weighted by Crippen LogP contribution is 2.35. The standard InChI is InChI=1S/C21H27N3O2Si/c1-21(2,3)27(4,5)14-8-11-18(19(22)25)24-20(26)16-12-13-23-17-10-7-6-9-15(16)17/h6-7,9-10,12-13,18H,11H2,1-5H3,(H2,22,25)(H,24,26)/t18-/m1/s1. The van der Waals surface area contributed by atoms with Crippen molar-refractivity contribution in [2.75, 3.05) is 0 Å². The first-order valence-corrected chi connectivity index (χ1v) is 12.0. The number of carbonyl (C=O) groups is 2. The maximum Gasteiger partial charge on any atom is 0.252 e. The Labute approximate surface area is 161 Å². The minimum atomic E-state index is -1.78. The second kappa shape index (κ2) is 7.93. The van der Waals surface area contributed by atoms with Crippen molar-refractivity contribution in [2.24, 2.45) is 5.73 Å². The number of carbonyl (C=O) groups excluding carboxylic acids is 2. The van der Waals surface area contributed by atoms with Gasteiger partial charge in [-0.3, -0.25) is 14.6 Å². The summed E-state index contributed by atoms with van der Waals surface area (Å²) in [6, 6.07) is 8.17. The third-order valence-corrected chi connectivity index (χ3v) is 9.68. The van der Waals surface area contributed by atoms with Gasteiger partial charge in [-0.25, -0.2) is 0 Å². The van der Waals surface area contributed by atoms with Gasteiger partial charge in [0.05, 0.1) is 11.1 Å². The summed E-state index contributed by atoms with van der Waals surface area (Å²) < 4.78 is 0. The predicted octanol–water partition coefficient (Wildman–Crippen LogP) is 3.26. The molecule has 2 amide bonds. The van der Waals surface area contributed by atoms with E-state index in [4.69, 9.17) is 5.73 Å². The molecule has 0 fully saturated rings. The van der Waals surface area contributed by atoms with E-state index in [0.29, 0.717) is 5.56 Å². The third kappa shape index (κ3) is 4.95. The summed E-state index contributed by atoms with van der Waals surface area (Å²) in [5.74, 6) is 2.14. The molecule has 0 aliphatic heterocycles. The predicted molar refractivity (Wildman–Crippen MR) is 112 cm³/mol. The van der Waals surface area contributed by atoms with Crippen LogP contribution in [-0.4, -0.2) is 30.9 Å². The van der Waals surface area contributed by atoms with Crippen LogP contribution >= 0.6 is 0 Å². The lowest BCUT2D eigenvalue weighted by molar-refractivity contribution is -0.119. The fraction of sp³-hybridized carbons (Fsp3) is 0.381. The van der Waals surface area contributed by atoms with Gasteiger partial charge in [-0.2, -0.15) is 0 Å². The number of aromatic nitrogens is 1. The third-order valence-electron chi connectivity index (χ3n) is 5.12. The SMILES string of the molecule is CC(C)(C)[Si](C)(C)C#CC[C@@H](NC(=O)c1ccnc2ccccc12)C(N)=O. The zero-order valence-electron chi connectivity index (χ0n) is 16.6. The van der Waals surface area contributed by atoms with E-state index in [-0.39, 0.29) is 17.4 Å². The molecule has 142 valence electrons. The van der Waals surface area contributed by atoms with Gasteiger partial charge in [0, 0.05) is 18.0 Å². The van der Waals surface area contributed by atoms with Gasteiger partial charge in [-0.05, 0) is 17.2 Å². The normalized spacial score (nSPS) is 12.8. The lowest BCUT2D eigenvalue weighted by Gasteiger charge is -2.31. The summed E-state index contributed by atoms with van der Waals surface area (Å²) in [5.41, 5.74) is 10.0. The number of primary amides is 1. The van der Waals surface area contributed by atoms with E-state index in [2.05, 4.69) is 55.6 Å². The number of nitrogens with one attached hydrogen (secondary N) is 1. The van der Waals surface area contributed by atoms with Gasteiger partial charge >= 0.3 is 0 Å². The number of nitrogens with zero attached hydrogens (tertiary/aromatic N) is 1. The zero-order chi connectivity index (χ0) is 20.2. The van der Waals surface area contributed by atoms with E-state index in [9.17, 15) is 9.59 Å². The van der Waals surface area contributed by atoms with Crippen molar-refractivity contribution >= 4 is 30.8 Å². The van der Waals surface area contributed by atoms with E-state index in [1.54, 1.807) is 12.3 Å². The molecule has 2 rings (SSSR count). The summed E-state index contributed by atoms with van der Waals surface area (Å²) in [6.07, 6.45) is 1.78. The Morgan fingerprint density at radius 3 is 2.52 bits per heavy atom. The van der Waals surface area contributed by atoms with Crippen LogP contribution in [0.25, 0.3) is 10.9 Å². The van der Waals surface area contributed by atoms with Gasteiger partial charge in [0.25, 0.3) is 5.91 Å². The summed E-state index contributed by atoms with van der Waals surface area (Å²) in [6.45, 7) is 10.9. The zero-order valence-corrected chi connectivity index (χ0v) is 17.6. The minimum Gasteiger partial charge on any atom is -0.368 e. The Bertz CT molecular complexity index is 915. The number of pyridine rings is 1. The van der Waals surface area contributed by atoms with Crippen molar-refractivity contribution < 1.29 is 9.59 Å². The van der Waals surface area contributed by atoms with Crippen LogP contribution in [0.3, 0.4) is 0 Å². The van der Waals surface area contributed by atoms with Crippen LogP contribution in [0.15, 0.2) is 36.5 Å². The van der Waals surface area contributed by atoms with Crippen molar-refractivity contribution in [3.8, 4) is 11.5 Å². The second-order valence-electron chi connectivity index (χ2n) is 8.18. The summed E-state index contributed by atoms with van der Waals surface area (Å²) in [7, 11) is -1.78. The Kier molecular flexibility index (Phi) is 6.07. The van der Waals surface area contributed by atoms with Crippen molar-refractivity contribution in [2.45, 2.75) is 51.4 Å². The molecule has 5 nitrogen and oxygen atoms in total. The van der Waals surface area contributed by atoms with Gasteiger partial charge < -0.3 is 11.1 Å². The van der Waals surface area contributed by atoms with Gasteiger partial charge in [0.1, 0.15) is 14.1 Å². The molecule has 0 radical (unpaired) electrons. The van der Waals surface area contributed by atoms with Crippen LogP contribution < -0.4 is 11.1 Å². The maximum atomic E-state index is 12.7. The van der Waals surface area contributed by atoms with E-state index >= 15 is 0 Å². The van der Waals surface area contributed by atoms with Gasteiger partial charge in [0.15, 0.2) is 0 Å². The first kappa shape index (κ1) is 20.7. The van der Waals surface area contributed by atoms with Gasteiger partial charge in [0.2, 0.25) is 5.91 Å². The Balaban J connectivity index is 2.19. The summed E-state index contributed by atoms with van der Waals surface area (Å²) in [4.78, 5) is 28.8. The van der Waals surface area contributed by atoms with E-state index in [0.717, 1.165) is 10.9 Å². The number of benzene rings is 1. The number of rotatable bonds is 4. The first-order valence-electron chi connectivity index (χ1n) is 8.97. The molecule has 0 aliphatic carbocycles. The first-order chi connectivity index (χ1) is 12.5. The molecule has 1 aromatic carbocycles. The van der Waals surface area contributed by atoms with Crippen molar-refractivity contribution in [3.63, 3.8) is 0 Å². The molecule has 6 heteroatoms. The van der Waals surface area contributed by atoms with Crippen molar-refractivity contribution in [3.05, 3.63) is 42.1 Å². The number of fused-ring (bicyclic) bond motifs is 1. The molecular weight excluding hydrogens is 354 g/mol. The molecular formula is C21H27N3O2Si. The van der Waals surface area contributed by atoms with E-state index in [1.807, 2.05) is 24.3 Å². The highest BCUT2D eigenvalue weighted by molar-refractivity contribution is 6.87. The van der Waals surface area contributed by atoms with Crippen LogP contribution in [-0.2, 0) is 4.79 Å². The molecule has 1 heterocycles. The van der Waals surface area contributed by atoms with E-state index < -0.39 is 20.0 Å². The Morgan fingerprint density at radius 2 is 1.89 bits per heavy atom. The van der Waals surface area contributed by atoms with Crippen LogP contribution in [0, 0.1) is 11.5 Å². The van der Waals surface area contributed by atoms with Crippen molar-refractivity contribution in [1.82, 2.24) is 10.3 Å². The van der Waals surface area contributed by atoms with Crippen LogP contribution in [0.5, 0.6) is 0 Å². The van der Waals surface area contributed by atoms with Crippen LogP contribution in [0.2, 0.25) is 18.1 Å². The monoisotopic (exact) mass is 381 g/mol. The quantitative estimate of drug-likeness (QED) is 0.630. The van der Waals surface area contributed by atoms with Crippen LogP contribution in [0.4, 0.5) is 0 Å². The van der Waals surface area contributed by atoms with Gasteiger partial charge in [-0.15, -0.1) is 11.5 Å². The molecule has 0 saturated heterocycles. The molecule has 0 bridgehead atoms. The van der Waals surface area contributed by atoms with Crippen LogP contribution in [0.1, 0.15) is 37.6 Å². The van der Waals surface area contributed by atoms with Crippen molar-refractivity contribution in [1.29, 1.82) is 0 Å². The molecule has 0 aliphatic rings. The average Bonchev–Trinajstić information content (AvgIpc) is 2.59. The van der Waals surface area contributed by atoms with Gasteiger partial charge in [-0.1, -0.05) is 52.1 Å². The fourth-order valence-corrected chi connectivity index (χ4v) is 3.23. The molecule has 1 atom stereocenters. The highest BCUT2D eigenvalue weighted by Gasteiger charge is 2.33. The summed E-state index contributed by atoms with van der Waals surface area (Å²) >= 11 is 0. The number of hydrogen-bond donors (Lipinski definition) is 2. The Morgan fingerprint density at radius 1 is 1.22 bits per heavy atom. The average molecular weight is 382 g/mol. The maximum absolute atomic E-state index is 12.7. The number of hydrogen-bond acceptors (Lipinski definition) is 3. The lowest BCUT2D eigenvalue weighted by atomic mass is 10.1.